The van der Waals surface area contributed by atoms with Crippen molar-refractivity contribution >= 4 is 0 Å². The molecule has 0 amide bonds. The summed E-state index contributed by atoms with van der Waals surface area (Å²) in [5.41, 5.74) is 10.6. The molecular weight excluding hydrogens is 104 g/mol. The second-order valence-electron chi connectivity index (χ2n) is 1.79. The Labute approximate surface area is 50.0 Å². The summed E-state index contributed by atoms with van der Waals surface area (Å²) < 4.78 is 4.95. The predicted molar refractivity (Wildman–Crippen MR) is 33.0 cm³/mol. The summed E-state index contributed by atoms with van der Waals surface area (Å²) in [6.45, 7) is 3.71. The molecule has 2 unspecified atom stereocenters. The molecule has 4 N–H and O–H groups in total. The second-order valence-corrected chi connectivity index (χ2v) is 1.79. The molecule has 0 spiro atoms. The molecular formula is C5H14N2O. The van der Waals surface area contributed by atoms with Gasteiger partial charge in [-0.15, -0.1) is 0 Å². The van der Waals surface area contributed by atoms with Crippen molar-refractivity contribution in [3.8, 4) is 0 Å². The maximum Gasteiger partial charge on any atom is 0.107 e. The lowest BCUT2D eigenvalue weighted by Crippen LogP contribution is -2.31. The Bertz CT molecular complexity index is 56.4. The first kappa shape index (κ1) is 7.88. The summed E-state index contributed by atoms with van der Waals surface area (Å²) in [6.07, 6.45) is 0.363. The molecule has 0 aliphatic carbocycles. The quantitative estimate of drug-likeness (QED) is 0.513. The second kappa shape index (κ2) is 3.83. The Morgan fingerprint density at radius 2 is 2.00 bits per heavy atom. The van der Waals surface area contributed by atoms with E-state index in [1.807, 2.05) is 6.92 Å². The molecule has 0 aliphatic heterocycles. The number of nitrogens with two attached hydrogens (primary N) is 2. The highest BCUT2D eigenvalue weighted by molar-refractivity contribution is 4.43. The topological polar surface area (TPSA) is 61.3 Å². The standard InChI is InChI=1S/C5H14N2O/c1-3-5(7)8-4(2)6/h4-5H,3,6-7H2,1-2H3. The third-order valence-electron chi connectivity index (χ3n) is 0.792. The van der Waals surface area contributed by atoms with Crippen molar-refractivity contribution in [2.24, 2.45) is 11.5 Å². The summed E-state index contributed by atoms with van der Waals surface area (Å²) in [7, 11) is 0. The molecule has 0 aliphatic rings. The van der Waals surface area contributed by atoms with Crippen LogP contribution in [-0.2, 0) is 4.74 Å². The van der Waals surface area contributed by atoms with E-state index in [-0.39, 0.29) is 12.5 Å². The van der Waals surface area contributed by atoms with Gasteiger partial charge in [0.1, 0.15) is 12.5 Å². The maximum atomic E-state index is 5.37. The van der Waals surface area contributed by atoms with E-state index in [1.165, 1.54) is 0 Å². The molecule has 0 rings (SSSR count). The van der Waals surface area contributed by atoms with Crippen LogP contribution in [-0.4, -0.2) is 12.5 Å². The first-order valence-corrected chi connectivity index (χ1v) is 2.83. The van der Waals surface area contributed by atoms with Gasteiger partial charge in [0.05, 0.1) is 0 Å². The fourth-order valence-electron chi connectivity index (χ4n) is 0.372. The van der Waals surface area contributed by atoms with E-state index in [0.29, 0.717) is 0 Å². The number of ether oxygens (including phenoxy) is 1. The Kier molecular flexibility index (Phi) is 3.77. The van der Waals surface area contributed by atoms with Crippen LogP contribution in [0.2, 0.25) is 0 Å². The van der Waals surface area contributed by atoms with Crippen LogP contribution in [0.25, 0.3) is 0 Å². The van der Waals surface area contributed by atoms with Gasteiger partial charge in [0.25, 0.3) is 0 Å². The van der Waals surface area contributed by atoms with Crippen molar-refractivity contribution in [1.29, 1.82) is 0 Å². The Hall–Kier alpha value is -0.120. The van der Waals surface area contributed by atoms with E-state index >= 15 is 0 Å². The Morgan fingerprint density at radius 1 is 1.50 bits per heavy atom. The average molecular weight is 118 g/mol. The smallest absolute Gasteiger partial charge is 0.107 e. The van der Waals surface area contributed by atoms with Gasteiger partial charge in [0, 0.05) is 0 Å². The third kappa shape index (κ3) is 4.05. The van der Waals surface area contributed by atoms with Crippen LogP contribution in [0.3, 0.4) is 0 Å². The van der Waals surface area contributed by atoms with E-state index < -0.39 is 0 Å². The van der Waals surface area contributed by atoms with Crippen LogP contribution in [0.5, 0.6) is 0 Å². The fourth-order valence-corrected chi connectivity index (χ4v) is 0.372. The van der Waals surface area contributed by atoms with Gasteiger partial charge < -0.3 is 16.2 Å². The van der Waals surface area contributed by atoms with Crippen molar-refractivity contribution in [2.75, 3.05) is 0 Å². The molecule has 0 aromatic rings. The highest BCUT2D eigenvalue weighted by atomic mass is 16.5. The molecule has 0 radical (unpaired) electrons. The minimum atomic E-state index is -0.245. The van der Waals surface area contributed by atoms with Gasteiger partial charge in [-0.25, -0.2) is 0 Å². The van der Waals surface area contributed by atoms with E-state index in [2.05, 4.69) is 0 Å². The molecule has 0 aromatic heterocycles. The van der Waals surface area contributed by atoms with E-state index in [1.54, 1.807) is 6.92 Å². The molecule has 0 heterocycles. The fraction of sp³-hybridized carbons (Fsp3) is 1.00. The summed E-state index contributed by atoms with van der Waals surface area (Å²) in [5.74, 6) is 0. The van der Waals surface area contributed by atoms with Gasteiger partial charge in [0.15, 0.2) is 0 Å². The summed E-state index contributed by atoms with van der Waals surface area (Å²) in [6, 6.07) is 0. The van der Waals surface area contributed by atoms with Crippen LogP contribution in [0.15, 0.2) is 0 Å². The SMILES string of the molecule is CCC(N)OC(C)N. The Morgan fingerprint density at radius 3 is 2.12 bits per heavy atom. The van der Waals surface area contributed by atoms with Gasteiger partial charge in [0.2, 0.25) is 0 Å². The molecule has 3 nitrogen and oxygen atoms in total. The molecule has 2 atom stereocenters. The molecule has 0 saturated carbocycles. The zero-order valence-corrected chi connectivity index (χ0v) is 5.42. The zero-order valence-electron chi connectivity index (χ0n) is 5.42. The van der Waals surface area contributed by atoms with Crippen LogP contribution >= 0.6 is 0 Å². The van der Waals surface area contributed by atoms with E-state index in [0.717, 1.165) is 6.42 Å². The van der Waals surface area contributed by atoms with Crippen molar-refractivity contribution in [1.82, 2.24) is 0 Å². The molecule has 3 heteroatoms. The molecule has 0 saturated heterocycles. The van der Waals surface area contributed by atoms with Crippen LogP contribution < -0.4 is 11.5 Å². The third-order valence-corrected chi connectivity index (χ3v) is 0.792. The van der Waals surface area contributed by atoms with Crippen LogP contribution in [0, 0.1) is 0 Å². The number of hydrogen-bond acceptors (Lipinski definition) is 3. The monoisotopic (exact) mass is 118 g/mol. The summed E-state index contributed by atoms with van der Waals surface area (Å²) in [5, 5.41) is 0. The van der Waals surface area contributed by atoms with E-state index in [4.69, 9.17) is 16.2 Å². The molecule has 0 aromatic carbocycles. The van der Waals surface area contributed by atoms with Crippen LogP contribution in [0.1, 0.15) is 20.3 Å². The minimum Gasteiger partial charge on any atom is -0.346 e. The largest absolute Gasteiger partial charge is 0.346 e. The van der Waals surface area contributed by atoms with Gasteiger partial charge in [-0.2, -0.15) is 0 Å². The lowest BCUT2D eigenvalue weighted by atomic mass is 10.4. The van der Waals surface area contributed by atoms with Crippen molar-refractivity contribution in [3.05, 3.63) is 0 Å². The minimum absolute atomic E-state index is 0.199. The number of rotatable bonds is 3. The molecule has 0 bridgehead atoms. The van der Waals surface area contributed by atoms with Gasteiger partial charge in [-0.3, -0.25) is 0 Å². The first-order valence-electron chi connectivity index (χ1n) is 2.83. The highest BCUT2D eigenvalue weighted by Crippen LogP contribution is 1.89. The van der Waals surface area contributed by atoms with Gasteiger partial charge in [-0.1, -0.05) is 6.92 Å². The number of hydrogen-bond donors (Lipinski definition) is 2. The lowest BCUT2D eigenvalue weighted by Gasteiger charge is -2.12. The predicted octanol–water partition coefficient (Wildman–Crippen LogP) is 0.00250. The molecule has 8 heavy (non-hydrogen) atoms. The first-order chi connectivity index (χ1) is 3.66. The van der Waals surface area contributed by atoms with Crippen molar-refractivity contribution in [3.63, 3.8) is 0 Å². The average Bonchev–Trinajstić information content (AvgIpc) is 1.65. The molecule has 0 fully saturated rings. The Balaban J connectivity index is 3.10. The maximum absolute atomic E-state index is 5.37. The highest BCUT2D eigenvalue weighted by Gasteiger charge is 1.99. The molecule has 50 valence electrons. The normalized spacial score (nSPS) is 18.0. The van der Waals surface area contributed by atoms with E-state index in [9.17, 15) is 0 Å². The zero-order chi connectivity index (χ0) is 6.57. The van der Waals surface area contributed by atoms with Crippen molar-refractivity contribution < 1.29 is 4.74 Å². The van der Waals surface area contributed by atoms with Gasteiger partial charge in [-0.05, 0) is 13.3 Å². The lowest BCUT2D eigenvalue weighted by molar-refractivity contribution is 0.00347. The van der Waals surface area contributed by atoms with Gasteiger partial charge >= 0.3 is 0 Å². The summed E-state index contributed by atoms with van der Waals surface area (Å²) in [4.78, 5) is 0. The summed E-state index contributed by atoms with van der Waals surface area (Å²) >= 11 is 0. The van der Waals surface area contributed by atoms with Crippen LogP contribution in [0.4, 0.5) is 0 Å². The van der Waals surface area contributed by atoms with Crippen molar-refractivity contribution in [2.45, 2.75) is 32.7 Å².